The molecule has 1 heterocycles. The molecule has 0 radical (unpaired) electrons. The van der Waals surface area contributed by atoms with E-state index in [1.807, 2.05) is 0 Å². The Morgan fingerprint density at radius 2 is 2.17 bits per heavy atom. The van der Waals surface area contributed by atoms with Crippen LogP contribution in [0.5, 0.6) is 5.75 Å². The molecule has 1 aromatic rings. The molecule has 2 rings (SSSR count). The van der Waals surface area contributed by atoms with E-state index >= 15 is 0 Å². The fraction of sp³-hybridized carbons (Fsp3) is 0.571. The van der Waals surface area contributed by atoms with Crippen LogP contribution in [0, 0.1) is 0 Å². The Hall–Kier alpha value is -1.13. The van der Waals surface area contributed by atoms with Gasteiger partial charge in [-0.1, -0.05) is 12.1 Å². The molecule has 18 heavy (non-hydrogen) atoms. The molecule has 1 aliphatic rings. The third-order valence-corrected chi connectivity index (χ3v) is 3.32. The zero-order valence-electron chi connectivity index (χ0n) is 10.9. The number of hydrogen-bond acceptors (Lipinski definition) is 3. The molecule has 1 saturated heterocycles. The van der Waals surface area contributed by atoms with E-state index in [1.54, 1.807) is 38.3 Å². The average Bonchev–Trinajstić information content (AvgIpc) is 2.39. The molecule has 0 aliphatic carbocycles. The number of ether oxygens (including phenoxy) is 2. The maximum atomic E-state index is 14.7. The van der Waals surface area contributed by atoms with E-state index in [4.69, 9.17) is 9.47 Å². The molecular formula is C14H20FNO2. The molecule has 0 spiro atoms. The predicted octanol–water partition coefficient (Wildman–Crippen LogP) is 2.26. The van der Waals surface area contributed by atoms with Crippen molar-refractivity contribution in [1.82, 2.24) is 5.32 Å². The van der Waals surface area contributed by atoms with E-state index in [1.165, 1.54) is 0 Å². The van der Waals surface area contributed by atoms with E-state index in [9.17, 15) is 4.39 Å². The summed E-state index contributed by atoms with van der Waals surface area (Å²) >= 11 is 0. The summed E-state index contributed by atoms with van der Waals surface area (Å²) in [7, 11) is 1.60. The summed E-state index contributed by atoms with van der Waals surface area (Å²) < 4.78 is 25.1. The summed E-state index contributed by atoms with van der Waals surface area (Å²) in [6.07, 6.45) is 0.416. The van der Waals surface area contributed by atoms with Gasteiger partial charge in [-0.3, -0.25) is 0 Å². The fourth-order valence-electron chi connectivity index (χ4n) is 2.27. The van der Waals surface area contributed by atoms with Crippen molar-refractivity contribution < 1.29 is 13.9 Å². The molecule has 1 N–H and O–H groups in total. The van der Waals surface area contributed by atoms with Gasteiger partial charge < -0.3 is 14.8 Å². The predicted molar refractivity (Wildman–Crippen MR) is 68.7 cm³/mol. The number of benzene rings is 1. The Morgan fingerprint density at radius 1 is 1.44 bits per heavy atom. The zero-order valence-corrected chi connectivity index (χ0v) is 10.9. The summed E-state index contributed by atoms with van der Waals surface area (Å²) in [5.74, 6) is 0.744. The summed E-state index contributed by atoms with van der Waals surface area (Å²) in [6.45, 7) is 3.70. The minimum absolute atomic E-state index is 0.0795. The van der Waals surface area contributed by atoms with Crippen LogP contribution in [-0.4, -0.2) is 32.9 Å². The normalized spacial score (nSPS) is 23.4. The largest absolute Gasteiger partial charge is 0.497 e. The minimum atomic E-state index is -1.36. The lowest BCUT2D eigenvalue weighted by molar-refractivity contribution is 0.0474. The van der Waals surface area contributed by atoms with Gasteiger partial charge >= 0.3 is 0 Å². The monoisotopic (exact) mass is 253 g/mol. The van der Waals surface area contributed by atoms with Crippen LogP contribution in [0.3, 0.4) is 0 Å². The first-order chi connectivity index (χ1) is 8.62. The Kier molecular flexibility index (Phi) is 4.19. The van der Waals surface area contributed by atoms with E-state index in [-0.39, 0.29) is 6.04 Å². The molecule has 0 amide bonds. The van der Waals surface area contributed by atoms with Gasteiger partial charge in [-0.15, -0.1) is 0 Å². The first-order valence-corrected chi connectivity index (χ1v) is 6.26. The number of rotatable bonds is 4. The minimum Gasteiger partial charge on any atom is -0.497 e. The molecule has 2 unspecified atom stereocenters. The van der Waals surface area contributed by atoms with Crippen molar-refractivity contribution >= 4 is 0 Å². The number of nitrogens with one attached hydrogen (secondary N) is 1. The number of halogens is 1. The quantitative estimate of drug-likeness (QED) is 0.893. The number of alkyl halides is 1. The van der Waals surface area contributed by atoms with Gasteiger partial charge in [0, 0.05) is 19.0 Å². The van der Waals surface area contributed by atoms with E-state index in [0.717, 1.165) is 12.3 Å². The topological polar surface area (TPSA) is 30.5 Å². The molecule has 1 aromatic carbocycles. The number of hydrogen-bond donors (Lipinski definition) is 1. The SMILES string of the molecule is COc1ccc(C(C)(F)CC2COCCN2)cc1. The van der Waals surface area contributed by atoms with Crippen LogP contribution >= 0.6 is 0 Å². The van der Waals surface area contributed by atoms with Gasteiger partial charge in [-0.2, -0.15) is 0 Å². The Morgan fingerprint density at radius 3 is 2.72 bits per heavy atom. The van der Waals surface area contributed by atoms with Gasteiger partial charge in [0.2, 0.25) is 0 Å². The highest BCUT2D eigenvalue weighted by Gasteiger charge is 2.30. The average molecular weight is 253 g/mol. The maximum absolute atomic E-state index is 14.7. The number of methoxy groups -OCH3 is 1. The second kappa shape index (κ2) is 5.67. The summed E-state index contributed by atoms with van der Waals surface area (Å²) in [5.41, 5.74) is -0.680. The molecule has 0 bridgehead atoms. The van der Waals surface area contributed by atoms with Crippen LogP contribution in [-0.2, 0) is 10.4 Å². The van der Waals surface area contributed by atoms with Gasteiger partial charge in [0.1, 0.15) is 11.4 Å². The van der Waals surface area contributed by atoms with Crippen molar-refractivity contribution in [2.24, 2.45) is 0 Å². The third kappa shape index (κ3) is 3.21. The standard InChI is InChI=1S/C14H20FNO2/c1-14(15,9-12-10-18-8-7-16-12)11-3-5-13(17-2)6-4-11/h3-6,12,16H,7-10H2,1-2H3. The van der Waals surface area contributed by atoms with Crippen LogP contribution in [0.15, 0.2) is 24.3 Å². The molecule has 0 saturated carbocycles. The Balaban J connectivity index is 2.03. The lowest BCUT2D eigenvalue weighted by atomic mass is 9.90. The molecule has 1 aliphatic heterocycles. The van der Waals surface area contributed by atoms with Crippen molar-refractivity contribution in [3.05, 3.63) is 29.8 Å². The van der Waals surface area contributed by atoms with Crippen LogP contribution < -0.4 is 10.1 Å². The van der Waals surface area contributed by atoms with Gasteiger partial charge in [-0.05, 0) is 24.6 Å². The second-order valence-corrected chi connectivity index (χ2v) is 4.86. The van der Waals surface area contributed by atoms with Crippen LogP contribution in [0.25, 0.3) is 0 Å². The fourth-order valence-corrected chi connectivity index (χ4v) is 2.27. The molecule has 0 aromatic heterocycles. The van der Waals surface area contributed by atoms with Gasteiger partial charge in [0.25, 0.3) is 0 Å². The van der Waals surface area contributed by atoms with E-state index in [0.29, 0.717) is 25.2 Å². The lowest BCUT2D eigenvalue weighted by Gasteiger charge is -2.30. The maximum Gasteiger partial charge on any atom is 0.134 e. The molecule has 1 fully saturated rings. The highest BCUT2D eigenvalue weighted by Crippen LogP contribution is 2.32. The highest BCUT2D eigenvalue weighted by molar-refractivity contribution is 5.30. The zero-order chi connectivity index (χ0) is 13.0. The molecule has 2 atom stereocenters. The summed E-state index contributed by atoms with van der Waals surface area (Å²) in [6, 6.07) is 7.22. The highest BCUT2D eigenvalue weighted by atomic mass is 19.1. The first kappa shape index (κ1) is 13.3. The summed E-state index contributed by atoms with van der Waals surface area (Å²) in [4.78, 5) is 0. The second-order valence-electron chi connectivity index (χ2n) is 4.86. The van der Waals surface area contributed by atoms with Crippen molar-refractivity contribution in [3.63, 3.8) is 0 Å². The van der Waals surface area contributed by atoms with Crippen LogP contribution in [0.2, 0.25) is 0 Å². The molecule has 3 nitrogen and oxygen atoms in total. The first-order valence-electron chi connectivity index (χ1n) is 6.26. The smallest absolute Gasteiger partial charge is 0.134 e. The van der Waals surface area contributed by atoms with E-state index < -0.39 is 5.67 Å². The van der Waals surface area contributed by atoms with Crippen LogP contribution in [0.4, 0.5) is 4.39 Å². The Bertz CT molecular complexity index is 372. The van der Waals surface area contributed by atoms with Gasteiger partial charge in [0.15, 0.2) is 0 Å². The molecular weight excluding hydrogens is 233 g/mol. The molecule has 100 valence electrons. The lowest BCUT2D eigenvalue weighted by Crippen LogP contribution is -2.44. The number of morpholine rings is 1. The van der Waals surface area contributed by atoms with Crippen molar-refractivity contribution in [2.75, 3.05) is 26.9 Å². The van der Waals surface area contributed by atoms with Gasteiger partial charge in [0.05, 0.1) is 20.3 Å². The van der Waals surface area contributed by atoms with Crippen molar-refractivity contribution in [1.29, 1.82) is 0 Å². The molecule has 4 heteroatoms. The van der Waals surface area contributed by atoms with Crippen LogP contribution in [0.1, 0.15) is 18.9 Å². The van der Waals surface area contributed by atoms with Gasteiger partial charge in [-0.25, -0.2) is 4.39 Å². The van der Waals surface area contributed by atoms with E-state index in [2.05, 4.69) is 5.32 Å². The third-order valence-electron chi connectivity index (χ3n) is 3.32. The van der Waals surface area contributed by atoms with Crippen molar-refractivity contribution in [2.45, 2.75) is 25.1 Å². The van der Waals surface area contributed by atoms with Crippen molar-refractivity contribution in [3.8, 4) is 5.75 Å². The Labute approximate surface area is 107 Å². The summed E-state index contributed by atoms with van der Waals surface area (Å²) in [5, 5.41) is 3.28.